The normalized spacial score (nSPS) is 9.74. The van der Waals surface area contributed by atoms with Crippen LogP contribution in [0.3, 0.4) is 0 Å². The van der Waals surface area contributed by atoms with Crippen molar-refractivity contribution in [3.63, 3.8) is 0 Å². The van der Waals surface area contributed by atoms with E-state index in [1.165, 1.54) is 0 Å². The van der Waals surface area contributed by atoms with Gasteiger partial charge in [0.1, 0.15) is 17.0 Å². The van der Waals surface area contributed by atoms with Crippen molar-refractivity contribution >= 4 is 15.9 Å². The van der Waals surface area contributed by atoms with E-state index < -0.39 is 0 Å². The van der Waals surface area contributed by atoms with Gasteiger partial charge in [0.2, 0.25) is 0 Å². The average molecular weight is 320 g/mol. The van der Waals surface area contributed by atoms with E-state index in [4.69, 9.17) is 14.7 Å². The van der Waals surface area contributed by atoms with Crippen LogP contribution >= 0.6 is 15.9 Å². The van der Waals surface area contributed by atoms with E-state index in [1.807, 2.05) is 0 Å². The van der Waals surface area contributed by atoms with Crippen molar-refractivity contribution in [2.75, 3.05) is 7.11 Å². The van der Waals surface area contributed by atoms with Crippen LogP contribution in [0, 0.1) is 11.3 Å². The zero-order chi connectivity index (χ0) is 13.7. The number of halogens is 1. The Morgan fingerprint density at radius 1 is 1.37 bits per heavy atom. The van der Waals surface area contributed by atoms with Crippen LogP contribution in [-0.4, -0.2) is 17.1 Å². The topological polar surface area (TPSA) is 68.0 Å². The molecule has 0 aliphatic carbocycles. The summed E-state index contributed by atoms with van der Waals surface area (Å²) >= 11 is 3.24. The first-order chi connectivity index (χ1) is 9.22. The number of hydrogen-bond acceptors (Lipinski definition) is 5. The van der Waals surface area contributed by atoms with E-state index in [0.717, 1.165) is 5.56 Å². The third-order valence-electron chi connectivity index (χ3n) is 2.37. The second-order valence-electron chi connectivity index (χ2n) is 3.59. The second kappa shape index (κ2) is 6.16. The summed E-state index contributed by atoms with van der Waals surface area (Å²) in [5.74, 6) is 0.606. The van der Waals surface area contributed by atoms with Gasteiger partial charge in [0.05, 0.1) is 18.7 Å². The average Bonchev–Trinajstić information content (AvgIpc) is 2.45. The van der Waals surface area contributed by atoms with E-state index in [1.54, 1.807) is 37.6 Å². The maximum Gasteiger partial charge on any atom is 0.317 e. The first-order valence-electron chi connectivity index (χ1n) is 5.41. The maximum absolute atomic E-state index is 8.82. The number of ether oxygens (including phenoxy) is 2. The fourth-order valence-electron chi connectivity index (χ4n) is 1.47. The van der Waals surface area contributed by atoms with Gasteiger partial charge in [-0.25, -0.2) is 4.98 Å². The lowest BCUT2D eigenvalue weighted by Gasteiger charge is -2.09. The molecule has 5 nitrogen and oxygen atoms in total. The number of hydrogen-bond donors (Lipinski definition) is 0. The molecule has 0 fully saturated rings. The van der Waals surface area contributed by atoms with Gasteiger partial charge in [0, 0.05) is 11.8 Å². The molecule has 96 valence electrons. The number of rotatable bonds is 4. The van der Waals surface area contributed by atoms with Crippen LogP contribution in [0.5, 0.6) is 11.8 Å². The molecule has 6 heteroatoms. The highest BCUT2D eigenvalue weighted by Gasteiger charge is 2.06. The van der Waals surface area contributed by atoms with Gasteiger partial charge in [-0.1, -0.05) is 6.07 Å². The van der Waals surface area contributed by atoms with Crippen LogP contribution in [0.15, 0.2) is 35.1 Å². The molecule has 0 aliphatic heterocycles. The molecule has 2 aromatic rings. The van der Waals surface area contributed by atoms with Crippen molar-refractivity contribution in [1.29, 1.82) is 5.26 Å². The fourth-order valence-corrected chi connectivity index (χ4v) is 1.74. The molecule has 1 aromatic heterocycles. The first kappa shape index (κ1) is 13.3. The van der Waals surface area contributed by atoms with Gasteiger partial charge in [0.25, 0.3) is 0 Å². The summed E-state index contributed by atoms with van der Waals surface area (Å²) in [6, 6.07) is 9.22. The molecule has 2 rings (SSSR count). The molecule has 0 bridgehead atoms. The number of nitrogens with zero attached hydrogens (tertiary/aromatic N) is 3. The number of aromatic nitrogens is 2. The van der Waals surface area contributed by atoms with Crippen molar-refractivity contribution < 1.29 is 9.47 Å². The van der Waals surface area contributed by atoms with Gasteiger partial charge >= 0.3 is 6.01 Å². The summed E-state index contributed by atoms with van der Waals surface area (Å²) in [4.78, 5) is 8.06. The van der Waals surface area contributed by atoms with E-state index in [9.17, 15) is 0 Å². The minimum atomic E-state index is 0.269. The molecule has 0 unspecified atom stereocenters. The minimum Gasteiger partial charge on any atom is -0.496 e. The molecule has 19 heavy (non-hydrogen) atoms. The quantitative estimate of drug-likeness (QED) is 0.810. The molecule has 0 atom stereocenters. The van der Waals surface area contributed by atoms with Gasteiger partial charge in [-0.15, -0.1) is 0 Å². The number of benzene rings is 1. The molecule has 0 spiro atoms. The third-order valence-corrected chi connectivity index (χ3v) is 2.81. The predicted molar refractivity (Wildman–Crippen MR) is 71.8 cm³/mol. The number of nitriles is 1. The molecule has 0 saturated heterocycles. The van der Waals surface area contributed by atoms with Crippen LogP contribution in [0.1, 0.15) is 11.1 Å². The molecule has 0 saturated carbocycles. The molecule has 0 N–H and O–H groups in total. The highest BCUT2D eigenvalue weighted by Crippen LogP contribution is 2.21. The summed E-state index contributed by atoms with van der Waals surface area (Å²) in [6.07, 6.45) is 1.60. The molecule has 1 heterocycles. The lowest BCUT2D eigenvalue weighted by atomic mass is 10.1. The van der Waals surface area contributed by atoms with E-state index in [0.29, 0.717) is 15.9 Å². The summed E-state index contributed by atoms with van der Waals surface area (Å²) in [5, 5.41) is 8.82. The summed E-state index contributed by atoms with van der Waals surface area (Å²) in [7, 11) is 1.55. The Labute approximate surface area is 119 Å². The second-order valence-corrected chi connectivity index (χ2v) is 4.40. The first-order valence-corrected chi connectivity index (χ1v) is 6.20. The van der Waals surface area contributed by atoms with Crippen molar-refractivity contribution in [3.05, 3.63) is 46.2 Å². The van der Waals surface area contributed by atoms with Gasteiger partial charge in [0.15, 0.2) is 0 Å². The Kier molecular flexibility index (Phi) is 4.31. The molecule has 0 aliphatic rings. The highest BCUT2D eigenvalue weighted by molar-refractivity contribution is 9.10. The van der Waals surface area contributed by atoms with E-state index in [-0.39, 0.29) is 12.6 Å². The molecule has 0 radical (unpaired) electrons. The maximum atomic E-state index is 8.82. The zero-order valence-electron chi connectivity index (χ0n) is 10.1. The van der Waals surface area contributed by atoms with Crippen LogP contribution < -0.4 is 9.47 Å². The van der Waals surface area contributed by atoms with Gasteiger partial charge in [-0.2, -0.15) is 10.2 Å². The highest BCUT2D eigenvalue weighted by atomic mass is 79.9. The van der Waals surface area contributed by atoms with E-state index in [2.05, 4.69) is 32.0 Å². The SMILES string of the molecule is COc1cc(C#N)ccc1COc1nccc(Br)n1. The Morgan fingerprint density at radius 2 is 2.21 bits per heavy atom. The molecular weight excluding hydrogens is 310 g/mol. The van der Waals surface area contributed by atoms with Crippen LogP contribution in [0.4, 0.5) is 0 Å². The Morgan fingerprint density at radius 3 is 2.89 bits per heavy atom. The summed E-state index contributed by atoms with van der Waals surface area (Å²) < 4.78 is 11.3. The van der Waals surface area contributed by atoms with Crippen molar-refractivity contribution in [2.24, 2.45) is 0 Å². The molecule has 0 amide bonds. The Bertz CT molecular complexity index is 626. The predicted octanol–water partition coefficient (Wildman–Crippen LogP) is 2.70. The smallest absolute Gasteiger partial charge is 0.317 e. The van der Waals surface area contributed by atoms with Crippen LogP contribution in [0.25, 0.3) is 0 Å². The standard InChI is InChI=1S/C13H10BrN3O2/c1-18-11-6-9(7-15)2-3-10(11)8-19-13-16-5-4-12(14)17-13/h2-6H,8H2,1H3. The third kappa shape index (κ3) is 3.42. The van der Waals surface area contributed by atoms with Gasteiger partial charge in [-0.05, 0) is 34.1 Å². The molecule has 1 aromatic carbocycles. The monoisotopic (exact) mass is 319 g/mol. The van der Waals surface area contributed by atoms with Gasteiger partial charge < -0.3 is 9.47 Å². The zero-order valence-corrected chi connectivity index (χ0v) is 11.7. The fraction of sp³-hybridized carbons (Fsp3) is 0.154. The minimum absolute atomic E-state index is 0.269. The molecular formula is C13H10BrN3O2. The van der Waals surface area contributed by atoms with Crippen LogP contribution in [-0.2, 0) is 6.61 Å². The van der Waals surface area contributed by atoms with Crippen molar-refractivity contribution in [2.45, 2.75) is 6.61 Å². The van der Waals surface area contributed by atoms with E-state index >= 15 is 0 Å². The van der Waals surface area contributed by atoms with Crippen molar-refractivity contribution in [1.82, 2.24) is 9.97 Å². The van der Waals surface area contributed by atoms with Gasteiger partial charge in [-0.3, -0.25) is 0 Å². The van der Waals surface area contributed by atoms with Crippen molar-refractivity contribution in [3.8, 4) is 17.8 Å². The lowest BCUT2D eigenvalue weighted by molar-refractivity contribution is 0.273. The number of methoxy groups -OCH3 is 1. The Hall–Kier alpha value is -2.13. The lowest BCUT2D eigenvalue weighted by Crippen LogP contribution is -2.01. The largest absolute Gasteiger partial charge is 0.496 e. The summed E-state index contributed by atoms with van der Waals surface area (Å²) in [5.41, 5.74) is 1.37. The Balaban J connectivity index is 2.13. The summed E-state index contributed by atoms with van der Waals surface area (Å²) in [6.45, 7) is 0.269. The van der Waals surface area contributed by atoms with Crippen LogP contribution in [0.2, 0.25) is 0 Å².